The van der Waals surface area contributed by atoms with E-state index in [4.69, 9.17) is 27.9 Å². The Balaban J connectivity index is 1.82. The summed E-state index contributed by atoms with van der Waals surface area (Å²) < 4.78 is 5.65. The number of ether oxygens (including phenoxy) is 1. The fourth-order valence-corrected chi connectivity index (χ4v) is 3.92. The summed E-state index contributed by atoms with van der Waals surface area (Å²) in [6, 6.07) is 4.05. The summed E-state index contributed by atoms with van der Waals surface area (Å²) >= 11 is 12.8. The molecule has 2 heterocycles. The first-order valence-corrected chi connectivity index (χ1v) is 9.05. The number of nitrogens with one attached hydrogen (secondary N) is 1. The van der Waals surface area contributed by atoms with Crippen LogP contribution in [0.1, 0.15) is 38.3 Å². The van der Waals surface area contributed by atoms with Gasteiger partial charge in [-0.25, -0.2) is 0 Å². The second-order valence-corrected chi connectivity index (χ2v) is 6.94. The van der Waals surface area contributed by atoms with Crippen molar-refractivity contribution in [2.75, 3.05) is 26.2 Å². The number of halogens is 2. The van der Waals surface area contributed by atoms with Crippen LogP contribution in [0, 0.1) is 5.92 Å². The molecule has 2 aliphatic rings. The molecule has 0 bridgehead atoms. The van der Waals surface area contributed by atoms with Gasteiger partial charge in [-0.1, -0.05) is 37.0 Å². The van der Waals surface area contributed by atoms with Crippen LogP contribution in [0.4, 0.5) is 0 Å². The molecule has 1 aromatic rings. The number of likely N-dealkylation sites (tertiary alicyclic amines) is 1. The fourth-order valence-electron chi connectivity index (χ4n) is 3.31. The normalized spacial score (nSPS) is 24.1. The molecule has 6 heteroatoms. The summed E-state index contributed by atoms with van der Waals surface area (Å²) in [5.74, 6) is 0.968. The van der Waals surface area contributed by atoms with Crippen LogP contribution in [0.5, 0.6) is 5.75 Å². The third kappa shape index (κ3) is 3.44. The second-order valence-electron chi connectivity index (χ2n) is 6.12. The van der Waals surface area contributed by atoms with Crippen LogP contribution in [0.2, 0.25) is 10.0 Å². The van der Waals surface area contributed by atoms with E-state index in [1.165, 1.54) is 5.71 Å². The molecule has 0 spiro atoms. The van der Waals surface area contributed by atoms with Gasteiger partial charge in [-0.3, -0.25) is 0 Å². The topological polar surface area (TPSA) is 36.9 Å². The highest BCUT2D eigenvalue weighted by Crippen LogP contribution is 2.39. The van der Waals surface area contributed by atoms with Crippen molar-refractivity contribution in [2.45, 2.75) is 32.7 Å². The third-order valence-corrected chi connectivity index (χ3v) is 5.16. The molecule has 2 atom stereocenters. The monoisotopic (exact) mass is 355 g/mol. The Labute approximate surface area is 147 Å². The van der Waals surface area contributed by atoms with E-state index in [9.17, 15) is 0 Å². The summed E-state index contributed by atoms with van der Waals surface area (Å²) in [4.78, 5) is 2.46. The van der Waals surface area contributed by atoms with Crippen molar-refractivity contribution < 1.29 is 4.74 Å². The molecule has 0 aliphatic carbocycles. The van der Waals surface area contributed by atoms with E-state index in [-0.39, 0.29) is 6.04 Å². The van der Waals surface area contributed by atoms with Crippen LogP contribution in [-0.4, -0.2) is 36.9 Å². The van der Waals surface area contributed by atoms with Crippen LogP contribution in [0.15, 0.2) is 17.2 Å². The highest BCUT2D eigenvalue weighted by molar-refractivity contribution is 6.37. The van der Waals surface area contributed by atoms with Crippen molar-refractivity contribution in [1.29, 1.82) is 0 Å². The second kappa shape index (κ2) is 7.29. The average Bonchev–Trinajstić information content (AvgIpc) is 2.97. The predicted octanol–water partition coefficient (Wildman–Crippen LogP) is 4.12. The third-order valence-electron chi connectivity index (χ3n) is 4.59. The number of piperidine rings is 1. The highest BCUT2D eigenvalue weighted by Gasteiger charge is 2.37. The van der Waals surface area contributed by atoms with Crippen LogP contribution in [0.3, 0.4) is 0 Å². The molecular weight excluding hydrogens is 333 g/mol. The van der Waals surface area contributed by atoms with Crippen molar-refractivity contribution in [3.05, 3.63) is 27.7 Å². The fraction of sp³-hybridized carbons (Fsp3) is 0.588. The molecule has 0 saturated carbocycles. The molecule has 0 radical (unpaired) electrons. The Kier molecular flexibility index (Phi) is 5.34. The lowest BCUT2D eigenvalue weighted by Crippen LogP contribution is -2.41. The molecular formula is C17H23Cl2N3O. The molecule has 1 fully saturated rings. The van der Waals surface area contributed by atoms with Crippen molar-refractivity contribution in [2.24, 2.45) is 11.0 Å². The van der Waals surface area contributed by atoms with Gasteiger partial charge in [-0.15, -0.1) is 0 Å². The Morgan fingerprint density at radius 2 is 2.04 bits per heavy atom. The summed E-state index contributed by atoms with van der Waals surface area (Å²) in [6.07, 6.45) is 1.95. The maximum Gasteiger partial charge on any atom is 0.156 e. The Bertz CT molecular complexity index is 582. The van der Waals surface area contributed by atoms with Crippen molar-refractivity contribution in [3.8, 4) is 5.75 Å². The highest BCUT2D eigenvalue weighted by atomic mass is 35.5. The number of hydrogen-bond donors (Lipinski definition) is 1. The SMILES string of the molecule is CCCOc1c(Cl)cc(C2NN=C3CCN(CC)CC32)cc1Cl. The van der Waals surface area contributed by atoms with E-state index in [1.807, 2.05) is 12.1 Å². The summed E-state index contributed by atoms with van der Waals surface area (Å²) in [7, 11) is 0. The molecule has 2 aliphatic heterocycles. The Hall–Kier alpha value is -0.970. The number of hydrazone groups is 1. The predicted molar refractivity (Wildman–Crippen MR) is 95.8 cm³/mol. The molecule has 0 amide bonds. The Morgan fingerprint density at radius 1 is 1.30 bits per heavy atom. The molecule has 23 heavy (non-hydrogen) atoms. The van der Waals surface area contributed by atoms with E-state index in [2.05, 4.69) is 29.3 Å². The smallest absolute Gasteiger partial charge is 0.156 e. The zero-order valence-electron chi connectivity index (χ0n) is 13.6. The lowest BCUT2D eigenvalue weighted by Gasteiger charge is -2.33. The van der Waals surface area contributed by atoms with Gasteiger partial charge in [0.25, 0.3) is 0 Å². The van der Waals surface area contributed by atoms with Gasteiger partial charge < -0.3 is 15.1 Å². The van der Waals surface area contributed by atoms with Gasteiger partial charge in [0.1, 0.15) is 0 Å². The number of benzene rings is 1. The number of rotatable bonds is 5. The Morgan fingerprint density at radius 3 is 2.70 bits per heavy atom. The lowest BCUT2D eigenvalue weighted by atomic mass is 9.86. The van der Waals surface area contributed by atoms with E-state index in [0.29, 0.717) is 28.3 Å². The zero-order valence-corrected chi connectivity index (χ0v) is 15.1. The van der Waals surface area contributed by atoms with Gasteiger partial charge in [0.15, 0.2) is 5.75 Å². The van der Waals surface area contributed by atoms with Crippen molar-refractivity contribution in [1.82, 2.24) is 10.3 Å². The van der Waals surface area contributed by atoms with Crippen LogP contribution < -0.4 is 10.2 Å². The van der Waals surface area contributed by atoms with Crippen molar-refractivity contribution in [3.63, 3.8) is 0 Å². The summed E-state index contributed by atoms with van der Waals surface area (Å²) in [5, 5.41) is 5.68. The minimum absolute atomic E-state index is 0.134. The van der Waals surface area contributed by atoms with Crippen LogP contribution in [-0.2, 0) is 0 Å². The van der Waals surface area contributed by atoms with Gasteiger partial charge in [-0.2, -0.15) is 5.10 Å². The van der Waals surface area contributed by atoms with Gasteiger partial charge in [0, 0.05) is 31.1 Å². The minimum atomic E-state index is 0.134. The molecule has 0 aromatic heterocycles. The van der Waals surface area contributed by atoms with Crippen LogP contribution >= 0.6 is 23.2 Å². The van der Waals surface area contributed by atoms with E-state index in [1.54, 1.807) is 0 Å². The summed E-state index contributed by atoms with van der Waals surface area (Å²) in [5.41, 5.74) is 5.62. The maximum atomic E-state index is 6.39. The standard InChI is InChI=1S/C17H23Cl2N3O/c1-3-7-23-17-13(18)8-11(9-14(17)19)16-12-10-22(4-2)6-5-15(12)20-21-16/h8-9,12,16,21H,3-7,10H2,1-2H3. The van der Waals surface area contributed by atoms with E-state index < -0.39 is 0 Å². The number of nitrogens with zero attached hydrogens (tertiary/aromatic N) is 2. The van der Waals surface area contributed by atoms with Gasteiger partial charge >= 0.3 is 0 Å². The van der Waals surface area contributed by atoms with Gasteiger partial charge in [0.05, 0.1) is 22.7 Å². The van der Waals surface area contributed by atoms with E-state index in [0.717, 1.165) is 38.0 Å². The van der Waals surface area contributed by atoms with Crippen molar-refractivity contribution >= 4 is 28.9 Å². The average molecular weight is 356 g/mol. The van der Waals surface area contributed by atoms with Gasteiger partial charge in [0.2, 0.25) is 0 Å². The maximum absolute atomic E-state index is 6.39. The van der Waals surface area contributed by atoms with Gasteiger partial charge in [-0.05, 0) is 30.7 Å². The molecule has 1 saturated heterocycles. The molecule has 3 rings (SSSR count). The number of fused-ring (bicyclic) bond motifs is 1. The summed E-state index contributed by atoms with van der Waals surface area (Å²) in [6.45, 7) is 8.05. The first-order valence-electron chi connectivity index (χ1n) is 8.30. The molecule has 2 unspecified atom stereocenters. The quantitative estimate of drug-likeness (QED) is 0.862. The first kappa shape index (κ1) is 16.9. The van der Waals surface area contributed by atoms with Crippen LogP contribution in [0.25, 0.3) is 0 Å². The number of hydrogen-bond acceptors (Lipinski definition) is 4. The molecule has 1 N–H and O–H groups in total. The molecule has 126 valence electrons. The lowest BCUT2D eigenvalue weighted by molar-refractivity contribution is 0.238. The zero-order chi connectivity index (χ0) is 16.4. The largest absolute Gasteiger partial charge is 0.490 e. The first-order chi connectivity index (χ1) is 11.1. The molecule has 1 aromatic carbocycles. The minimum Gasteiger partial charge on any atom is -0.490 e. The van der Waals surface area contributed by atoms with E-state index >= 15 is 0 Å². The molecule has 4 nitrogen and oxygen atoms in total.